The van der Waals surface area contributed by atoms with Gasteiger partial charge < -0.3 is 10.2 Å². The predicted octanol–water partition coefficient (Wildman–Crippen LogP) is 4.56. The summed E-state index contributed by atoms with van der Waals surface area (Å²) in [6.07, 6.45) is 6.13. The van der Waals surface area contributed by atoms with E-state index in [4.69, 9.17) is 12.2 Å². The molecule has 0 saturated heterocycles. The molecule has 110 valence electrons. The summed E-state index contributed by atoms with van der Waals surface area (Å²) >= 11 is 6.74. The van der Waals surface area contributed by atoms with Crippen molar-refractivity contribution in [1.82, 2.24) is 4.57 Å². The number of phenols is 1. The van der Waals surface area contributed by atoms with Gasteiger partial charge in [0.2, 0.25) is 5.88 Å². The van der Waals surface area contributed by atoms with Gasteiger partial charge in [-0.05, 0) is 37.2 Å². The molecule has 0 unspecified atom stereocenters. The van der Waals surface area contributed by atoms with E-state index in [0.29, 0.717) is 20.6 Å². The number of aliphatic imine (C=N–C) groups is 1. The van der Waals surface area contributed by atoms with Crippen LogP contribution in [0.15, 0.2) is 29.3 Å². The smallest absolute Gasteiger partial charge is 0.212 e. The standard InChI is InChI=1S/C15H16N2O2S2/c18-12-7-3-4-10(8-12)16-9-13-14(19)17(15(20)21-13)11-5-1-2-6-11/h3-4,7-9,11,18-19H,1-2,5-6H2. The Labute approximate surface area is 132 Å². The number of phenolic OH excluding ortho intramolecular Hbond substituents is 1. The van der Waals surface area contributed by atoms with E-state index in [9.17, 15) is 10.2 Å². The highest BCUT2D eigenvalue weighted by molar-refractivity contribution is 7.73. The Morgan fingerprint density at radius 1 is 1.29 bits per heavy atom. The van der Waals surface area contributed by atoms with Crippen molar-refractivity contribution in [3.8, 4) is 11.6 Å². The van der Waals surface area contributed by atoms with Crippen molar-refractivity contribution >= 4 is 35.5 Å². The Hall–Kier alpha value is -1.66. The van der Waals surface area contributed by atoms with Crippen molar-refractivity contribution in [2.45, 2.75) is 31.7 Å². The van der Waals surface area contributed by atoms with Crippen LogP contribution in [0.25, 0.3) is 0 Å². The summed E-state index contributed by atoms with van der Waals surface area (Å²) in [7, 11) is 0. The van der Waals surface area contributed by atoms with Gasteiger partial charge in [-0.1, -0.05) is 30.2 Å². The quantitative estimate of drug-likeness (QED) is 0.644. The summed E-state index contributed by atoms with van der Waals surface area (Å²) in [4.78, 5) is 4.95. The van der Waals surface area contributed by atoms with E-state index in [1.54, 1.807) is 30.5 Å². The van der Waals surface area contributed by atoms with Crippen molar-refractivity contribution in [2.24, 2.45) is 4.99 Å². The first-order chi connectivity index (χ1) is 10.1. The average Bonchev–Trinajstić information content (AvgIpc) is 3.05. The topological polar surface area (TPSA) is 57.8 Å². The molecular weight excluding hydrogens is 304 g/mol. The molecule has 2 N–H and O–H groups in total. The normalized spacial score (nSPS) is 16.0. The van der Waals surface area contributed by atoms with Crippen LogP contribution >= 0.6 is 23.6 Å². The fourth-order valence-corrected chi connectivity index (χ4v) is 3.99. The maximum Gasteiger partial charge on any atom is 0.212 e. The summed E-state index contributed by atoms with van der Waals surface area (Å²) in [6, 6.07) is 7.00. The van der Waals surface area contributed by atoms with E-state index in [-0.39, 0.29) is 11.6 Å². The van der Waals surface area contributed by atoms with E-state index in [1.165, 1.54) is 24.2 Å². The molecule has 0 atom stereocenters. The first kappa shape index (κ1) is 14.3. The van der Waals surface area contributed by atoms with Gasteiger partial charge in [0.15, 0.2) is 3.95 Å². The second-order valence-corrected chi connectivity index (χ2v) is 6.82. The van der Waals surface area contributed by atoms with E-state index < -0.39 is 0 Å². The van der Waals surface area contributed by atoms with Crippen LogP contribution in [0, 0.1) is 3.95 Å². The lowest BCUT2D eigenvalue weighted by Crippen LogP contribution is -2.03. The zero-order valence-electron chi connectivity index (χ0n) is 11.4. The Morgan fingerprint density at radius 2 is 2.05 bits per heavy atom. The molecule has 1 aromatic heterocycles. The van der Waals surface area contributed by atoms with E-state index in [0.717, 1.165) is 12.8 Å². The van der Waals surface area contributed by atoms with Crippen molar-refractivity contribution < 1.29 is 10.2 Å². The van der Waals surface area contributed by atoms with Gasteiger partial charge in [0.25, 0.3) is 0 Å². The van der Waals surface area contributed by atoms with Gasteiger partial charge in [-0.15, -0.1) is 0 Å². The zero-order chi connectivity index (χ0) is 14.8. The predicted molar refractivity (Wildman–Crippen MR) is 87.7 cm³/mol. The second-order valence-electron chi connectivity index (χ2n) is 5.14. The van der Waals surface area contributed by atoms with Crippen LogP contribution in [0.1, 0.15) is 36.6 Å². The largest absolute Gasteiger partial charge is 0.508 e. The van der Waals surface area contributed by atoms with Gasteiger partial charge in [0, 0.05) is 12.1 Å². The molecule has 1 aliphatic rings. The monoisotopic (exact) mass is 320 g/mol. The Balaban J connectivity index is 1.89. The minimum absolute atomic E-state index is 0.171. The van der Waals surface area contributed by atoms with Crippen molar-refractivity contribution in [1.29, 1.82) is 0 Å². The summed E-state index contributed by atoms with van der Waals surface area (Å²) in [6.45, 7) is 0. The lowest BCUT2D eigenvalue weighted by molar-refractivity contribution is 0.380. The number of hydrogen-bond donors (Lipinski definition) is 2. The van der Waals surface area contributed by atoms with Crippen LogP contribution in [-0.4, -0.2) is 21.0 Å². The first-order valence-corrected chi connectivity index (χ1v) is 8.15. The molecule has 1 aromatic carbocycles. The minimum atomic E-state index is 0.171. The number of aromatic nitrogens is 1. The third-order valence-corrected chi connectivity index (χ3v) is 5.02. The van der Waals surface area contributed by atoms with Gasteiger partial charge in [-0.25, -0.2) is 0 Å². The molecule has 0 bridgehead atoms. The molecule has 6 heteroatoms. The van der Waals surface area contributed by atoms with E-state index in [2.05, 4.69) is 4.99 Å². The molecule has 1 heterocycles. The van der Waals surface area contributed by atoms with Crippen molar-refractivity contribution in [2.75, 3.05) is 0 Å². The molecule has 1 fully saturated rings. The van der Waals surface area contributed by atoms with Gasteiger partial charge in [0.1, 0.15) is 10.6 Å². The summed E-state index contributed by atoms with van der Waals surface area (Å²) in [5, 5.41) is 19.8. The van der Waals surface area contributed by atoms with Crippen LogP contribution < -0.4 is 0 Å². The van der Waals surface area contributed by atoms with Crippen LogP contribution in [0.2, 0.25) is 0 Å². The number of nitrogens with zero attached hydrogens (tertiary/aromatic N) is 2. The fraction of sp³-hybridized carbons (Fsp3) is 0.333. The Kier molecular flexibility index (Phi) is 4.07. The van der Waals surface area contributed by atoms with Crippen LogP contribution in [-0.2, 0) is 0 Å². The van der Waals surface area contributed by atoms with Crippen LogP contribution in [0.3, 0.4) is 0 Å². The number of benzene rings is 1. The number of thiazole rings is 1. The van der Waals surface area contributed by atoms with E-state index in [1.807, 2.05) is 4.57 Å². The first-order valence-electron chi connectivity index (χ1n) is 6.92. The molecule has 3 rings (SSSR count). The van der Waals surface area contributed by atoms with Crippen molar-refractivity contribution in [3.63, 3.8) is 0 Å². The van der Waals surface area contributed by atoms with Gasteiger partial charge in [-0.3, -0.25) is 9.56 Å². The molecule has 4 nitrogen and oxygen atoms in total. The highest BCUT2D eigenvalue weighted by Gasteiger charge is 2.22. The van der Waals surface area contributed by atoms with Gasteiger partial charge >= 0.3 is 0 Å². The zero-order valence-corrected chi connectivity index (χ0v) is 13.0. The van der Waals surface area contributed by atoms with Crippen LogP contribution in [0.5, 0.6) is 11.6 Å². The second kappa shape index (κ2) is 5.99. The lowest BCUT2D eigenvalue weighted by atomic mass is 10.2. The third kappa shape index (κ3) is 3.01. The Morgan fingerprint density at radius 3 is 2.76 bits per heavy atom. The molecule has 0 radical (unpaired) electrons. The molecule has 1 aliphatic carbocycles. The average molecular weight is 320 g/mol. The molecule has 0 aliphatic heterocycles. The molecule has 21 heavy (non-hydrogen) atoms. The minimum Gasteiger partial charge on any atom is -0.508 e. The SMILES string of the molecule is Oc1cccc(N=Cc2sc(=S)n(C3CCCC3)c2O)c1. The molecule has 2 aromatic rings. The fourth-order valence-electron chi connectivity index (χ4n) is 2.67. The summed E-state index contributed by atoms with van der Waals surface area (Å²) in [5.41, 5.74) is 0.640. The highest BCUT2D eigenvalue weighted by Crippen LogP contribution is 2.37. The summed E-state index contributed by atoms with van der Waals surface area (Å²) < 4.78 is 2.55. The third-order valence-electron chi connectivity index (χ3n) is 3.69. The Bertz CT molecular complexity index is 728. The molecule has 0 spiro atoms. The highest BCUT2D eigenvalue weighted by atomic mass is 32.1. The van der Waals surface area contributed by atoms with E-state index >= 15 is 0 Å². The summed E-state index contributed by atoms with van der Waals surface area (Å²) in [5.74, 6) is 0.380. The number of rotatable bonds is 3. The lowest BCUT2D eigenvalue weighted by Gasteiger charge is -2.11. The van der Waals surface area contributed by atoms with Crippen LogP contribution in [0.4, 0.5) is 5.69 Å². The van der Waals surface area contributed by atoms with Crippen molar-refractivity contribution in [3.05, 3.63) is 33.1 Å². The molecule has 0 amide bonds. The maximum atomic E-state index is 10.4. The van der Waals surface area contributed by atoms with Gasteiger partial charge in [0.05, 0.1) is 11.9 Å². The number of aromatic hydroxyl groups is 2. The molecular formula is C15H16N2O2S2. The number of hydrogen-bond acceptors (Lipinski definition) is 5. The maximum absolute atomic E-state index is 10.4. The molecule has 1 saturated carbocycles. The van der Waals surface area contributed by atoms with Gasteiger partial charge in [-0.2, -0.15) is 0 Å².